The molecule has 0 saturated heterocycles. The van der Waals surface area contributed by atoms with E-state index in [4.69, 9.17) is 10.5 Å². The topological polar surface area (TPSA) is 52.3 Å². The molecule has 1 aromatic carbocycles. The summed E-state index contributed by atoms with van der Waals surface area (Å²) >= 11 is 0. The number of anilines is 1. The third-order valence-electron chi connectivity index (χ3n) is 4.33. The van der Waals surface area contributed by atoms with Crippen LogP contribution < -0.4 is 5.73 Å². The number of hydrogen-bond acceptors (Lipinski definition) is 3. The molecule has 0 radical (unpaired) electrons. The maximum Gasteiger partial charge on any atom is 0.340 e. The number of esters is 1. The quantitative estimate of drug-likeness (QED) is 0.672. The molecular weight excluding hydrogens is 250 g/mol. The first-order valence-corrected chi connectivity index (χ1v) is 7.52. The summed E-state index contributed by atoms with van der Waals surface area (Å²) in [4.78, 5) is 12.2. The van der Waals surface area contributed by atoms with Crippen LogP contribution in [0.3, 0.4) is 0 Å². The van der Waals surface area contributed by atoms with Gasteiger partial charge in [0.1, 0.15) is 6.10 Å². The first-order chi connectivity index (χ1) is 9.47. The molecule has 20 heavy (non-hydrogen) atoms. The van der Waals surface area contributed by atoms with E-state index in [9.17, 15) is 4.79 Å². The van der Waals surface area contributed by atoms with E-state index in [1.807, 2.05) is 12.1 Å². The first-order valence-electron chi connectivity index (χ1n) is 7.52. The van der Waals surface area contributed by atoms with Gasteiger partial charge in [-0.1, -0.05) is 32.9 Å². The molecule has 3 nitrogen and oxygen atoms in total. The van der Waals surface area contributed by atoms with Gasteiger partial charge in [0, 0.05) is 5.69 Å². The summed E-state index contributed by atoms with van der Waals surface area (Å²) in [5, 5.41) is 0. The highest BCUT2D eigenvalue weighted by Gasteiger charge is 2.30. The number of ether oxygens (including phenoxy) is 1. The molecule has 2 N–H and O–H groups in total. The third kappa shape index (κ3) is 3.53. The number of rotatable bonds is 3. The molecule has 110 valence electrons. The SMILES string of the molecule is CC1CC(OC(=O)c2ccccc2N)CC(C(C)C)C1. The number of hydrogen-bond donors (Lipinski definition) is 1. The van der Waals surface area contributed by atoms with E-state index < -0.39 is 0 Å². The molecule has 2 rings (SSSR count). The van der Waals surface area contributed by atoms with Gasteiger partial charge in [-0.25, -0.2) is 4.79 Å². The molecule has 1 saturated carbocycles. The molecule has 0 aliphatic heterocycles. The number of para-hydroxylation sites is 1. The van der Waals surface area contributed by atoms with Crippen LogP contribution in [0.25, 0.3) is 0 Å². The minimum absolute atomic E-state index is 0.0262. The van der Waals surface area contributed by atoms with E-state index in [1.165, 1.54) is 6.42 Å². The molecule has 0 heterocycles. The van der Waals surface area contributed by atoms with Crippen LogP contribution in [0.15, 0.2) is 24.3 Å². The maximum absolute atomic E-state index is 12.2. The van der Waals surface area contributed by atoms with Gasteiger partial charge in [-0.15, -0.1) is 0 Å². The van der Waals surface area contributed by atoms with E-state index >= 15 is 0 Å². The summed E-state index contributed by atoms with van der Waals surface area (Å²) in [6, 6.07) is 7.10. The van der Waals surface area contributed by atoms with Crippen molar-refractivity contribution in [1.29, 1.82) is 0 Å². The van der Waals surface area contributed by atoms with Crippen molar-refractivity contribution in [2.45, 2.75) is 46.1 Å². The summed E-state index contributed by atoms with van der Waals surface area (Å²) in [5.74, 6) is 1.61. The molecule has 0 amide bonds. The zero-order valence-corrected chi connectivity index (χ0v) is 12.6. The zero-order chi connectivity index (χ0) is 14.7. The minimum atomic E-state index is -0.287. The molecule has 0 aromatic heterocycles. The van der Waals surface area contributed by atoms with Crippen LogP contribution in [0.5, 0.6) is 0 Å². The Morgan fingerprint density at radius 2 is 1.95 bits per heavy atom. The highest BCUT2D eigenvalue weighted by molar-refractivity contribution is 5.95. The number of benzene rings is 1. The molecule has 0 spiro atoms. The Labute approximate surface area is 121 Å². The van der Waals surface area contributed by atoms with Crippen molar-refractivity contribution in [1.82, 2.24) is 0 Å². The van der Waals surface area contributed by atoms with Gasteiger partial charge in [-0.05, 0) is 49.1 Å². The smallest absolute Gasteiger partial charge is 0.340 e. The van der Waals surface area contributed by atoms with Crippen molar-refractivity contribution in [3.05, 3.63) is 29.8 Å². The molecule has 1 aromatic rings. The van der Waals surface area contributed by atoms with Gasteiger partial charge in [0.05, 0.1) is 5.56 Å². The molecule has 1 fully saturated rings. The second kappa shape index (κ2) is 6.29. The summed E-state index contributed by atoms with van der Waals surface area (Å²) < 4.78 is 5.69. The van der Waals surface area contributed by atoms with Crippen LogP contribution in [0.1, 0.15) is 50.4 Å². The lowest BCUT2D eigenvalue weighted by Crippen LogP contribution is -2.31. The number of carbonyl (C=O) groups is 1. The lowest BCUT2D eigenvalue weighted by molar-refractivity contribution is 0.00167. The summed E-state index contributed by atoms with van der Waals surface area (Å²) in [6.07, 6.45) is 3.19. The summed E-state index contributed by atoms with van der Waals surface area (Å²) in [7, 11) is 0. The average molecular weight is 275 g/mol. The van der Waals surface area contributed by atoms with Gasteiger partial charge in [-0.3, -0.25) is 0 Å². The predicted octanol–water partition coefficient (Wildman–Crippen LogP) is 3.89. The van der Waals surface area contributed by atoms with Gasteiger partial charge >= 0.3 is 5.97 Å². The van der Waals surface area contributed by atoms with E-state index in [0.29, 0.717) is 29.0 Å². The van der Waals surface area contributed by atoms with Crippen LogP contribution in [0.2, 0.25) is 0 Å². The Bertz CT molecular complexity index is 470. The Kier molecular flexibility index (Phi) is 4.69. The number of carbonyl (C=O) groups excluding carboxylic acids is 1. The van der Waals surface area contributed by atoms with Crippen LogP contribution in [-0.4, -0.2) is 12.1 Å². The van der Waals surface area contributed by atoms with E-state index in [0.717, 1.165) is 12.8 Å². The highest BCUT2D eigenvalue weighted by Crippen LogP contribution is 2.35. The zero-order valence-electron chi connectivity index (χ0n) is 12.6. The Morgan fingerprint density at radius 1 is 1.25 bits per heavy atom. The van der Waals surface area contributed by atoms with Gasteiger partial charge in [0.15, 0.2) is 0 Å². The van der Waals surface area contributed by atoms with Crippen LogP contribution in [-0.2, 0) is 4.74 Å². The van der Waals surface area contributed by atoms with E-state index in [2.05, 4.69) is 20.8 Å². The summed E-state index contributed by atoms with van der Waals surface area (Å²) in [5.41, 5.74) is 6.79. The monoisotopic (exact) mass is 275 g/mol. The fourth-order valence-electron chi connectivity index (χ4n) is 3.13. The third-order valence-corrected chi connectivity index (χ3v) is 4.33. The average Bonchev–Trinajstić information content (AvgIpc) is 2.38. The fourth-order valence-corrected chi connectivity index (χ4v) is 3.13. The van der Waals surface area contributed by atoms with Gasteiger partial charge in [0.25, 0.3) is 0 Å². The molecule has 1 aliphatic carbocycles. The van der Waals surface area contributed by atoms with Gasteiger partial charge < -0.3 is 10.5 Å². The Hall–Kier alpha value is -1.51. The molecule has 3 unspecified atom stereocenters. The predicted molar refractivity (Wildman–Crippen MR) is 81.4 cm³/mol. The molecule has 3 atom stereocenters. The lowest BCUT2D eigenvalue weighted by atomic mass is 9.75. The van der Waals surface area contributed by atoms with Crippen molar-refractivity contribution in [2.24, 2.45) is 17.8 Å². The Morgan fingerprint density at radius 3 is 2.60 bits per heavy atom. The molecule has 0 bridgehead atoms. The minimum Gasteiger partial charge on any atom is -0.459 e. The van der Waals surface area contributed by atoms with Crippen molar-refractivity contribution >= 4 is 11.7 Å². The van der Waals surface area contributed by atoms with Crippen LogP contribution >= 0.6 is 0 Å². The van der Waals surface area contributed by atoms with Gasteiger partial charge in [-0.2, -0.15) is 0 Å². The van der Waals surface area contributed by atoms with Crippen molar-refractivity contribution in [3.8, 4) is 0 Å². The lowest BCUT2D eigenvalue weighted by Gasteiger charge is -2.35. The van der Waals surface area contributed by atoms with E-state index in [1.54, 1.807) is 12.1 Å². The number of nitrogen functional groups attached to an aromatic ring is 1. The standard InChI is InChI=1S/C17H25NO2/c1-11(2)13-8-12(3)9-14(10-13)20-17(19)15-6-4-5-7-16(15)18/h4-7,11-14H,8-10,18H2,1-3H3. The first kappa shape index (κ1) is 14.9. The maximum atomic E-state index is 12.2. The second-order valence-corrected chi connectivity index (χ2v) is 6.43. The normalized spacial score (nSPS) is 26.5. The second-order valence-electron chi connectivity index (χ2n) is 6.43. The molecular formula is C17H25NO2. The van der Waals surface area contributed by atoms with Crippen molar-refractivity contribution in [2.75, 3.05) is 5.73 Å². The van der Waals surface area contributed by atoms with Crippen molar-refractivity contribution < 1.29 is 9.53 Å². The van der Waals surface area contributed by atoms with Gasteiger partial charge in [0.2, 0.25) is 0 Å². The van der Waals surface area contributed by atoms with Crippen LogP contribution in [0, 0.1) is 17.8 Å². The highest BCUT2D eigenvalue weighted by atomic mass is 16.5. The van der Waals surface area contributed by atoms with E-state index in [-0.39, 0.29) is 12.1 Å². The number of nitrogens with two attached hydrogens (primary N) is 1. The fraction of sp³-hybridized carbons (Fsp3) is 0.588. The van der Waals surface area contributed by atoms with Crippen molar-refractivity contribution in [3.63, 3.8) is 0 Å². The molecule has 3 heteroatoms. The molecule has 1 aliphatic rings. The van der Waals surface area contributed by atoms with Crippen LogP contribution in [0.4, 0.5) is 5.69 Å². The largest absolute Gasteiger partial charge is 0.459 e. The summed E-state index contributed by atoms with van der Waals surface area (Å²) in [6.45, 7) is 6.74. The Balaban J connectivity index is 2.02.